The predicted molar refractivity (Wildman–Crippen MR) is 86.9 cm³/mol. The molecule has 2 heteroatoms. The summed E-state index contributed by atoms with van der Waals surface area (Å²) in [5.74, 6) is 0.583. The van der Waals surface area contributed by atoms with Gasteiger partial charge in [0, 0.05) is 0 Å². The van der Waals surface area contributed by atoms with E-state index in [9.17, 15) is 4.79 Å². The van der Waals surface area contributed by atoms with Crippen LogP contribution in [0.25, 0.3) is 0 Å². The molecule has 0 heterocycles. The first-order chi connectivity index (χ1) is 9.00. The average Bonchev–Trinajstić information content (AvgIpc) is 2.27. The lowest BCUT2D eigenvalue weighted by atomic mass is 9.78. The minimum absolute atomic E-state index is 0.455. The zero-order chi connectivity index (χ0) is 16.0. The molecule has 0 aliphatic carbocycles. The molecule has 0 aromatic heterocycles. The normalized spacial score (nSPS) is 15.9. The first-order valence-electron chi connectivity index (χ1n) is 8.23. The summed E-state index contributed by atoms with van der Waals surface area (Å²) in [5, 5.41) is 9.16. The Morgan fingerprint density at radius 3 is 1.85 bits per heavy atom. The van der Waals surface area contributed by atoms with E-state index in [4.69, 9.17) is 5.11 Å². The Balaban J connectivity index is 3.98. The molecule has 2 atom stereocenters. The Morgan fingerprint density at radius 1 is 1.00 bits per heavy atom. The third kappa shape index (κ3) is 7.91. The fourth-order valence-corrected chi connectivity index (χ4v) is 3.07. The van der Waals surface area contributed by atoms with Gasteiger partial charge in [-0.1, -0.05) is 60.3 Å². The third-order valence-corrected chi connectivity index (χ3v) is 4.69. The molecule has 2 unspecified atom stereocenters. The lowest BCUT2D eigenvalue weighted by Crippen LogP contribution is -2.26. The molecule has 0 saturated carbocycles. The van der Waals surface area contributed by atoms with Crippen LogP contribution in [0.5, 0.6) is 0 Å². The van der Waals surface area contributed by atoms with Gasteiger partial charge in [0.2, 0.25) is 0 Å². The van der Waals surface area contributed by atoms with Gasteiger partial charge in [-0.15, -0.1) is 0 Å². The highest BCUT2D eigenvalue weighted by Crippen LogP contribution is 2.32. The van der Waals surface area contributed by atoms with Crippen LogP contribution < -0.4 is 0 Å². The second-order valence-electron chi connectivity index (χ2n) is 8.26. The molecular weight excluding hydrogens is 248 g/mol. The van der Waals surface area contributed by atoms with E-state index in [0.717, 1.165) is 18.8 Å². The summed E-state index contributed by atoms with van der Waals surface area (Å²) in [4.78, 5) is 11.1. The van der Waals surface area contributed by atoms with Crippen molar-refractivity contribution in [2.45, 2.75) is 87.0 Å². The molecular formula is C18H36O2. The average molecular weight is 284 g/mol. The van der Waals surface area contributed by atoms with E-state index in [1.54, 1.807) is 0 Å². The van der Waals surface area contributed by atoms with Crippen LogP contribution in [0.3, 0.4) is 0 Å². The first-order valence-corrected chi connectivity index (χ1v) is 8.23. The molecule has 0 aromatic carbocycles. The summed E-state index contributed by atoms with van der Waals surface area (Å²) in [6.45, 7) is 15.2. The number of carboxylic acid groups (broad SMARTS) is 1. The van der Waals surface area contributed by atoms with Crippen LogP contribution in [0.1, 0.15) is 87.0 Å². The van der Waals surface area contributed by atoms with Crippen LogP contribution in [-0.4, -0.2) is 11.1 Å². The van der Waals surface area contributed by atoms with Crippen LogP contribution in [0.2, 0.25) is 0 Å². The topological polar surface area (TPSA) is 37.3 Å². The Labute approximate surface area is 126 Å². The van der Waals surface area contributed by atoms with E-state index in [2.05, 4.69) is 34.6 Å². The molecule has 0 fully saturated rings. The second kappa shape index (κ2) is 8.05. The lowest BCUT2D eigenvalue weighted by Gasteiger charge is -2.27. The second-order valence-corrected chi connectivity index (χ2v) is 8.26. The highest BCUT2D eigenvalue weighted by Gasteiger charge is 2.29. The molecule has 0 radical (unpaired) electrons. The van der Waals surface area contributed by atoms with Gasteiger partial charge in [0.1, 0.15) is 0 Å². The van der Waals surface area contributed by atoms with E-state index in [-0.39, 0.29) is 0 Å². The Hall–Kier alpha value is -0.530. The fraction of sp³-hybridized carbons (Fsp3) is 0.944. The van der Waals surface area contributed by atoms with Gasteiger partial charge in [0.25, 0.3) is 0 Å². The zero-order valence-electron chi connectivity index (χ0n) is 14.8. The number of rotatable bonds is 10. The monoisotopic (exact) mass is 284 g/mol. The van der Waals surface area contributed by atoms with Crippen molar-refractivity contribution in [1.29, 1.82) is 0 Å². The van der Waals surface area contributed by atoms with Crippen LogP contribution in [-0.2, 0) is 4.79 Å². The van der Waals surface area contributed by atoms with Crippen LogP contribution >= 0.6 is 0 Å². The standard InChI is InChI=1S/C18H36O2/c1-8-17(4,5)12-14(2)10-9-11-15(3)13-18(6,7)16(19)20/h14-15H,8-13H2,1-7H3,(H,19,20). The summed E-state index contributed by atoms with van der Waals surface area (Å²) in [7, 11) is 0. The Morgan fingerprint density at radius 2 is 1.45 bits per heavy atom. The molecule has 2 nitrogen and oxygen atoms in total. The highest BCUT2D eigenvalue weighted by atomic mass is 16.4. The maximum absolute atomic E-state index is 11.1. The van der Waals surface area contributed by atoms with Crippen molar-refractivity contribution in [2.75, 3.05) is 0 Å². The van der Waals surface area contributed by atoms with Gasteiger partial charge in [-0.25, -0.2) is 0 Å². The van der Waals surface area contributed by atoms with E-state index < -0.39 is 11.4 Å². The molecule has 0 saturated heterocycles. The number of hydrogen-bond acceptors (Lipinski definition) is 1. The lowest BCUT2D eigenvalue weighted by molar-refractivity contribution is -0.147. The van der Waals surface area contributed by atoms with Gasteiger partial charge in [-0.2, -0.15) is 0 Å². The van der Waals surface area contributed by atoms with Crippen molar-refractivity contribution in [1.82, 2.24) is 0 Å². The maximum atomic E-state index is 11.1. The zero-order valence-corrected chi connectivity index (χ0v) is 14.8. The van der Waals surface area contributed by atoms with Gasteiger partial charge in [0.15, 0.2) is 0 Å². The first kappa shape index (κ1) is 19.5. The predicted octanol–water partition coefficient (Wildman–Crippen LogP) is 5.76. The Bertz CT molecular complexity index is 292. The summed E-state index contributed by atoms with van der Waals surface area (Å²) >= 11 is 0. The highest BCUT2D eigenvalue weighted by molar-refractivity contribution is 5.73. The van der Waals surface area contributed by atoms with Crippen molar-refractivity contribution in [2.24, 2.45) is 22.7 Å². The molecule has 0 amide bonds. The van der Waals surface area contributed by atoms with Gasteiger partial charge < -0.3 is 5.11 Å². The van der Waals surface area contributed by atoms with E-state index in [1.165, 1.54) is 25.7 Å². The molecule has 0 rings (SSSR count). The van der Waals surface area contributed by atoms with Gasteiger partial charge in [-0.3, -0.25) is 4.79 Å². The number of carboxylic acids is 1. The molecule has 0 aromatic rings. The largest absolute Gasteiger partial charge is 0.481 e. The van der Waals surface area contributed by atoms with Crippen LogP contribution in [0.4, 0.5) is 0 Å². The Kier molecular flexibility index (Phi) is 7.83. The number of aliphatic carboxylic acids is 1. The van der Waals surface area contributed by atoms with Gasteiger partial charge >= 0.3 is 5.97 Å². The quantitative estimate of drug-likeness (QED) is 0.554. The fourth-order valence-electron chi connectivity index (χ4n) is 3.07. The van der Waals surface area contributed by atoms with Gasteiger partial charge in [-0.05, 0) is 43.9 Å². The van der Waals surface area contributed by atoms with Crippen molar-refractivity contribution < 1.29 is 9.90 Å². The molecule has 20 heavy (non-hydrogen) atoms. The SMILES string of the molecule is CCC(C)(C)CC(C)CCCC(C)CC(C)(C)C(=O)O. The minimum Gasteiger partial charge on any atom is -0.481 e. The van der Waals surface area contributed by atoms with Crippen molar-refractivity contribution >= 4 is 5.97 Å². The van der Waals surface area contributed by atoms with E-state index in [0.29, 0.717) is 11.3 Å². The molecule has 0 spiro atoms. The molecule has 0 bridgehead atoms. The summed E-state index contributed by atoms with van der Waals surface area (Å²) in [6, 6.07) is 0. The summed E-state index contributed by atoms with van der Waals surface area (Å²) in [6.07, 6.45) is 6.93. The number of hydrogen-bond donors (Lipinski definition) is 1. The van der Waals surface area contributed by atoms with Crippen LogP contribution in [0.15, 0.2) is 0 Å². The molecule has 0 aliphatic heterocycles. The maximum Gasteiger partial charge on any atom is 0.309 e. The molecule has 120 valence electrons. The number of carbonyl (C=O) groups is 1. The molecule has 1 N–H and O–H groups in total. The third-order valence-electron chi connectivity index (χ3n) is 4.69. The minimum atomic E-state index is -0.678. The summed E-state index contributed by atoms with van der Waals surface area (Å²) in [5.41, 5.74) is -0.133. The van der Waals surface area contributed by atoms with E-state index in [1.807, 2.05) is 13.8 Å². The van der Waals surface area contributed by atoms with E-state index >= 15 is 0 Å². The van der Waals surface area contributed by atoms with Gasteiger partial charge in [0.05, 0.1) is 5.41 Å². The smallest absolute Gasteiger partial charge is 0.309 e. The summed E-state index contributed by atoms with van der Waals surface area (Å²) < 4.78 is 0. The van der Waals surface area contributed by atoms with Crippen molar-refractivity contribution in [3.63, 3.8) is 0 Å². The van der Waals surface area contributed by atoms with Crippen LogP contribution in [0, 0.1) is 22.7 Å². The van der Waals surface area contributed by atoms with Crippen molar-refractivity contribution in [3.8, 4) is 0 Å². The molecule has 0 aliphatic rings. The van der Waals surface area contributed by atoms with Crippen molar-refractivity contribution in [3.05, 3.63) is 0 Å².